The van der Waals surface area contributed by atoms with Gasteiger partial charge in [-0.15, -0.1) is 0 Å². The van der Waals surface area contributed by atoms with E-state index in [1.54, 1.807) is 42.3 Å². The molecule has 0 saturated heterocycles. The molecular weight excluding hydrogens is 623 g/mol. The Bertz CT molecular complexity index is 1790. The Balaban J connectivity index is 1.59. The van der Waals surface area contributed by atoms with Gasteiger partial charge in [0.05, 0.1) is 17.7 Å². The number of carbonyl (C=O) groups excluding carboxylic acids is 2. The molecule has 0 aromatic heterocycles. The molecule has 0 spiro atoms. The number of carbonyl (C=O) groups is 2. The predicted molar refractivity (Wildman–Crippen MR) is 189 cm³/mol. The quantitative estimate of drug-likeness (QED) is 0.174. The topological polar surface area (TPSA) is 96.0 Å². The summed E-state index contributed by atoms with van der Waals surface area (Å²) in [5, 5.41) is 3.25. The zero-order valence-electron chi connectivity index (χ0n) is 28.0. The van der Waals surface area contributed by atoms with Gasteiger partial charge in [-0.1, -0.05) is 92.1 Å². The van der Waals surface area contributed by atoms with Crippen LogP contribution in [0.5, 0.6) is 5.75 Å². The Morgan fingerprint density at radius 2 is 1.48 bits per heavy atom. The minimum atomic E-state index is -4.17. The molecule has 4 aromatic carbocycles. The summed E-state index contributed by atoms with van der Waals surface area (Å²) in [6.45, 7) is 3.35. The first-order valence-corrected chi connectivity index (χ1v) is 18.0. The standard InChI is InChI=1S/C39H45N3O5S/c1-29-15-13-24-36(30(29)2)42(48(45,46)35-22-11-6-12-23-35)28-38(43)41(27-32-18-14-21-34(25-32)47-3)37(26-31-16-7-4-8-17-31)39(44)40-33-19-9-5-10-20-33/h4,6-8,11-18,21-25,33,37H,5,9-10,19-20,26-28H2,1-3H3,(H,40,44)/t37-/m0/s1. The summed E-state index contributed by atoms with van der Waals surface area (Å²) in [4.78, 5) is 30.7. The fourth-order valence-corrected chi connectivity index (χ4v) is 7.80. The van der Waals surface area contributed by atoms with Crippen molar-refractivity contribution in [3.05, 3.63) is 125 Å². The van der Waals surface area contributed by atoms with Gasteiger partial charge < -0.3 is 15.0 Å². The Labute approximate surface area is 284 Å². The van der Waals surface area contributed by atoms with E-state index in [0.29, 0.717) is 11.4 Å². The third kappa shape index (κ3) is 8.44. The second-order valence-corrected chi connectivity index (χ2v) is 14.3. The van der Waals surface area contributed by atoms with Crippen molar-refractivity contribution in [3.63, 3.8) is 0 Å². The van der Waals surface area contributed by atoms with E-state index in [1.807, 2.05) is 74.5 Å². The number of hydrogen-bond donors (Lipinski definition) is 1. The van der Waals surface area contributed by atoms with Crippen LogP contribution in [0.25, 0.3) is 0 Å². The number of ether oxygens (including phenoxy) is 1. The van der Waals surface area contributed by atoms with E-state index < -0.39 is 28.5 Å². The molecule has 0 unspecified atom stereocenters. The van der Waals surface area contributed by atoms with Gasteiger partial charge in [-0.2, -0.15) is 0 Å². The highest BCUT2D eigenvalue weighted by atomic mass is 32.2. The Kier molecular flexibility index (Phi) is 11.5. The molecule has 1 saturated carbocycles. The van der Waals surface area contributed by atoms with Crippen molar-refractivity contribution in [2.24, 2.45) is 0 Å². The van der Waals surface area contributed by atoms with Crippen molar-refractivity contribution in [2.75, 3.05) is 18.0 Å². The van der Waals surface area contributed by atoms with E-state index in [0.717, 1.165) is 54.4 Å². The average Bonchev–Trinajstić information content (AvgIpc) is 3.11. The van der Waals surface area contributed by atoms with Crippen LogP contribution < -0.4 is 14.4 Å². The van der Waals surface area contributed by atoms with Gasteiger partial charge in [0.2, 0.25) is 11.8 Å². The number of rotatable bonds is 13. The van der Waals surface area contributed by atoms with E-state index >= 15 is 0 Å². The first kappa shape index (κ1) is 34.7. The molecule has 1 fully saturated rings. The van der Waals surface area contributed by atoms with Crippen LogP contribution >= 0.6 is 0 Å². The second kappa shape index (κ2) is 16.0. The smallest absolute Gasteiger partial charge is 0.264 e. The van der Waals surface area contributed by atoms with Crippen molar-refractivity contribution >= 4 is 27.5 Å². The average molecular weight is 668 g/mol. The zero-order chi connectivity index (χ0) is 34.1. The van der Waals surface area contributed by atoms with Crippen LogP contribution in [-0.2, 0) is 32.6 Å². The van der Waals surface area contributed by atoms with Crippen LogP contribution in [-0.4, -0.2) is 50.9 Å². The summed E-state index contributed by atoms with van der Waals surface area (Å²) in [6.07, 6.45) is 5.28. The van der Waals surface area contributed by atoms with Gasteiger partial charge >= 0.3 is 0 Å². The lowest BCUT2D eigenvalue weighted by molar-refractivity contribution is -0.140. The molecule has 252 valence electrons. The predicted octanol–water partition coefficient (Wildman–Crippen LogP) is 6.60. The summed E-state index contributed by atoms with van der Waals surface area (Å²) in [5.74, 6) is -0.112. The van der Waals surface area contributed by atoms with E-state index in [2.05, 4.69) is 5.32 Å². The van der Waals surface area contributed by atoms with E-state index in [4.69, 9.17) is 4.74 Å². The van der Waals surface area contributed by atoms with Crippen LogP contribution in [0, 0.1) is 13.8 Å². The number of methoxy groups -OCH3 is 1. The maximum atomic E-state index is 14.8. The molecule has 8 nitrogen and oxygen atoms in total. The van der Waals surface area contributed by atoms with E-state index in [-0.39, 0.29) is 29.8 Å². The number of aryl methyl sites for hydroxylation is 1. The molecule has 5 rings (SSSR count). The molecule has 48 heavy (non-hydrogen) atoms. The molecule has 9 heteroatoms. The summed E-state index contributed by atoms with van der Waals surface area (Å²) < 4.78 is 35.3. The summed E-state index contributed by atoms with van der Waals surface area (Å²) in [6, 6.07) is 29.7. The maximum absolute atomic E-state index is 14.8. The first-order chi connectivity index (χ1) is 23.2. The number of benzene rings is 4. The van der Waals surface area contributed by atoms with Crippen molar-refractivity contribution in [1.82, 2.24) is 10.2 Å². The summed E-state index contributed by atoms with van der Waals surface area (Å²) >= 11 is 0. The molecule has 1 atom stereocenters. The largest absolute Gasteiger partial charge is 0.497 e. The molecule has 4 aromatic rings. The normalized spacial score (nSPS) is 14.1. The van der Waals surface area contributed by atoms with E-state index in [9.17, 15) is 18.0 Å². The first-order valence-electron chi connectivity index (χ1n) is 16.6. The molecule has 0 radical (unpaired) electrons. The van der Waals surface area contributed by atoms with Crippen molar-refractivity contribution in [1.29, 1.82) is 0 Å². The van der Waals surface area contributed by atoms with Crippen LogP contribution in [0.3, 0.4) is 0 Å². The van der Waals surface area contributed by atoms with Gasteiger partial charge in [0.1, 0.15) is 18.3 Å². The van der Waals surface area contributed by atoms with Gasteiger partial charge in [0.15, 0.2) is 0 Å². The highest BCUT2D eigenvalue weighted by Gasteiger charge is 2.36. The van der Waals surface area contributed by atoms with Crippen LogP contribution in [0.4, 0.5) is 5.69 Å². The van der Waals surface area contributed by atoms with Gasteiger partial charge in [0.25, 0.3) is 10.0 Å². The number of sulfonamides is 1. The molecule has 1 aliphatic rings. The number of hydrogen-bond acceptors (Lipinski definition) is 5. The van der Waals surface area contributed by atoms with Crippen LogP contribution in [0.2, 0.25) is 0 Å². The van der Waals surface area contributed by atoms with Crippen molar-refractivity contribution in [3.8, 4) is 5.75 Å². The van der Waals surface area contributed by atoms with Crippen LogP contribution in [0.15, 0.2) is 108 Å². The summed E-state index contributed by atoms with van der Waals surface area (Å²) in [7, 11) is -2.59. The Hall–Kier alpha value is -4.63. The molecule has 0 bridgehead atoms. The highest BCUT2D eigenvalue weighted by Crippen LogP contribution is 2.30. The summed E-state index contributed by atoms with van der Waals surface area (Å²) in [5.41, 5.74) is 3.72. The minimum Gasteiger partial charge on any atom is -0.497 e. The lowest BCUT2D eigenvalue weighted by atomic mass is 9.94. The van der Waals surface area contributed by atoms with Crippen molar-refractivity contribution < 1.29 is 22.7 Å². The Morgan fingerprint density at radius 1 is 0.833 bits per heavy atom. The van der Waals surface area contributed by atoms with E-state index in [1.165, 1.54) is 16.4 Å². The fourth-order valence-electron chi connectivity index (χ4n) is 6.30. The number of nitrogens with one attached hydrogen (secondary N) is 1. The molecule has 2 amide bonds. The lowest BCUT2D eigenvalue weighted by Gasteiger charge is -2.35. The number of anilines is 1. The van der Waals surface area contributed by atoms with Gasteiger partial charge in [-0.05, 0) is 79.3 Å². The van der Waals surface area contributed by atoms with Crippen LogP contribution in [0.1, 0.15) is 54.4 Å². The van der Waals surface area contributed by atoms with Gasteiger partial charge in [-0.3, -0.25) is 13.9 Å². The van der Waals surface area contributed by atoms with Gasteiger partial charge in [0, 0.05) is 19.0 Å². The molecule has 1 aliphatic carbocycles. The molecule has 0 heterocycles. The third-order valence-electron chi connectivity index (χ3n) is 9.16. The number of amides is 2. The lowest BCUT2D eigenvalue weighted by Crippen LogP contribution is -2.55. The van der Waals surface area contributed by atoms with Gasteiger partial charge in [-0.25, -0.2) is 8.42 Å². The number of nitrogens with zero attached hydrogens (tertiary/aromatic N) is 2. The maximum Gasteiger partial charge on any atom is 0.264 e. The Morgan fingerprint density at radius 3 is 2.17 bits per heavy atom. The molecular formula is C39H45N3O5S. The monoisotopic (exact) mass is 667 g/mol. The van der Waals surface area contributed by atoms with Crippen molar-refractivity contribution in [2.45, 2.75) is 75.9 Å². The molecule has 1 N–H and O–H groups in total. The highest BCUT2D eigenvalue weighted by molar-refractivity contribution is 7.92. The molecule has 0 aliphatic heterocycles. The zero-order valence-corrected chi connectivity index (χ0v) is 28.8. The SMILES string of the molecule is COc1cccc(CN(C(=O)CN(c2cccc(C)c2C)S(=O)(=O)c2ccccc2)[C@@H](Cc2ccccc2)C(=O)NC2CCCCC2)c1. The second-order valence-electron chi connectivity index (χ2n) is 12.5. The fraction of sp³-hybridized carbons (Fsp3) is 0.333. The third-order valence-corrected chi connectivity index (χ3v) is 10.9. The minimum absolute atomic E-state index is 0.0307.